The first kappa shape index (κ1) is 10.8. The lowest BCUT2D eigenvalue weighted by atomic mass is 9.85. The van der Waals surface area contributed by atoms with Crippen molar-refractivity contribution >= 4 is 0 Å². The van der Waals surface area contributed by atoms with Crippen LogP contribution in [-0.4, -0.2) is 0 Å². The normalized spacial score (nSPS) is 23.2. The van der Waals surface area contributed by atoms with Gasteiger partial charge in [0.05, 0.1) is 0 Å². The second-order valence-electron chi connectivity index (χ2n) is 4.66. The van der Waals surface area contributed by atoms with E-state index in [-0.39, 0.29) is 0 Å². The van der Waals surface area contributed by atoms with Gasteiger partial charge in [0.25, 0.3) is 0 Å². The van der Waals surface area contributed by atoms with E-state index in [1.54, 1.807) is 0 Å². The van der Waals surface area contributed by atoms with Crippen LogP contribution in [0.1, 0.15) is 58.3 Å². The first-order valence-corrected chi connectivity index (χ1v) is 5.95. The topological polar surface area (TPSA) is 0 Å². The molecular formula is C13H24. The van der Waals surface area contributed by atoms with Gasteiger partial charge in [-0.1, -0.05) is 57.9 Å². The van der Waals surface area contributed by atoms with E-state index in [0.29, 0.717) is 0 Å². The summed E-state index contributed by atoms with van der Waals surface area (Å²) in [5.41, 5.74) is 0. The van der Waals surface area contributed by atoms with Crippen LogP contribution in [0.2, 0.25) is 0 Å². The largest absolute Gasteiger partial charge is 0.103 e. The van der Waals surface area contributed by atoms with Gasteiger partial charge in [0, 0.05) is 0 Å². The van der Waals surface area contributed by atoms with E-state index in [9.17, 15) is 0 Å². The molecule has 1 atom stereocenters. The fraction of sp³-hybridized carbons (Fsp3) is 0.846. The van der Waals surface area contributed by atoms with Gasteiger partial charge < -0.3 is 0 Å². The van der Waals surface area contributed by atoms with Gasteiger partial charge in [0.15, 0.2) is 0 Å². The minimum absolute atomic E-state index is 0.726. The molecule has 0 aromatic heterocycles. The molecule has 1 unspecified atom stereocenters. The average Bonchev–Trinajstić information content (AvgIpc) is 2.09. The zero-order valence-electron chi connectivity index (χ0n) is 9.10. The highest BCUT2D eigenvalue weighted by Crippen LogP contribution is 2.27. The first-order valence-electron chi connectivity index (χ1n) is 5.95. The minimum Gasteiger partial charge on any atom is -0.103 e. The monoisotopic (exact) mass is 180 g/mol. The summed E-state index contributed by atoms with van der Waals surface area (Å²) in [7, 11) is 0. The van der Waals surface area contributed by atoms with Crippen molar-refractivity contribution < 1.29 is 0 Å². The highest BCUT2D eigenvalue weighted by molar-refractivity contribution is 4.78. The Morgan fingerprint density at radius 3 is 2.23 bits per heavy atom. The Morgan fingerprint density at radius 2 is 1.69 bits per heavy atom. The van der Waals surface area contributed by atoms with Crippen LogP contribution in [0.3, 0.4) is 0 Å². The van der Waals surface area contributed by atoms with Gasteiger partial charge in [-0.15, -0.1) is 6.58 Å². The lowest BCUT2D eigenvalue weighted by Crippen LogP contribution is -2.07. The Bertz CT molecular complexity index is 129. The van der Waals surface area contributed by atoms with Crippen molar-refractivity contribution in [2.45, 2.75) is 58.3 Å². The summed E-state index contributed by atoms with van der Waals surface area (Å²) in [5.74, 6) is 1.72. The molecule has 13 heavy (non-hydrogen) atoms. The van der Waals surface area contributed by atoms with Crippen LogP contribution in [0, 0.1) is 11.8 Å². The fourth-order valence-electron chi connectivity index (χ4n) is 2.40. The predicted molar refractivity (Wildman–Crippen MR) is 59.8 cm³/mol. The molecule has 0 bridgehead atoms. The van der Waals surface area contributed by atoms with Crippen LogP contribution in [0.15, 0.2) is 12.7 Å². The molecule has 0 N–H and O–H groups in total. The molecule has 0 aromatic carbocycles. The first-order chi connectivity index (χ1) is 6.33. The lowest BCUT2D eigenvalue weighted by Gasteiger charge is -2.21. The summed E-state index contributed by atoms with van der Waals surface area (Å²) < 4.78 is 0. The van der Waals surface area contributed by atoms with E-state index < -0.39 is 0 Å². The summed E-state index contributed by atoms with van der Waals surface area (Å²) >= 11 is 0. The molecule has 1 aliphatic carbocycles. The van der Waals surface area contributed by atoms with Crippen LogP contribution in [0.25, 0.3) is 0 Å². The van der Waals surface area contributed by atoms with E-state index in [0.717, 1.165) is 11.8 Å². The van der Waals surface area contributed by atoms with Gasteiger partial charge in [0.1, 0.15) is 0 Å². The van der Waals surface area contributed by atoms with Gasteiger partial charge in [-0.3, -0.25) is 0 Å². The van der Waals surface area contributed by atoms with Crippen molar-refractivity contribution in [3.8, 4) is 0 Å². The molecule has 0 heterocycles. The van der Waals surface area contributed by atoms with Crippen LogP contribution in [-0.2, 0) is 0 Å². The van der Waals surface area contributed by atoms with Gasteiger partial charge in [-0.25, -0.2) is 0 Å². The maximum atomic E-state index is 3.87. The smallest absolute Gasteiger partial charge is 0.0262 e. The summed E-state index contributed by atoms with van der Waals surface area (Å²) in [6.07, 6.45) is 13.8. The Hall–Kier alpha value is -0.260. The van der Waals surface area contributed by atoms with Gasteiger partial charge in [0.2, 0.25) is 0 Å². The minimum atomic E-state index is 0.726. The Kier molecular flexibility index (Phi) is 5.19. The standard InChI is InChI=1S/C13H24/c1-3-12(2)11-13-9-7-5-4-6-8-10-13/h3,12-13H,1,4-11H2,2H3. The molecule has 1 saturated carbocycles. The number of rotatable bonds is 3. The third kappa shape index (κ3) is 4.50. The number of hydrogen-bond donors (Lipinski definition) is 0. The van der Waals surface area contributed by atoms with E-state index >= 15 is 0 Å². The van der Waals surface area contributed by atoms with Crippen molar-refractivity contribution in [2.24, 2.45) is 11.8 Å². The number of hydrogen-bond acceptors (Lipinski definition) is 0. The number of allylic oxidation sites excluding steroid dienone is 1. The molecule has 76 valence electrons. The quantitative estimate of drug-likeness (QED) is 0.558. The summed E-state index contributed by atoms with van der Waals surface area (Å²) in [6.45, 7) is 6.17. The zero-order valence-corrected chi connectivity index (χ0v) is 9.10. The summed E-state index contributed by atoms with van der Waals surface area (Å²) in [4.78, 5) is 0. The van der Waals surface area contributed by atoms with E-state index in [1.807, 2.05) is 0 Å². The summed E-state index contributed by atoms with van der Waals surface area (Å²) in [5, 5.41) is 0. The van der Waals surface area contributed by atoms with Crippen LogP contribution in [0.5, 0.6) is 0 Å². The maximum Gasteiger partial charge on any atom is -0.0262 e. The van der Waals surface area contributed by atoms with Crippen molar-refractivity contribution in [1.29, 1.82) is 0 Å². The van der Waals surface area contributed by atoms with E-state index in [4.69, 9.17) is 0 Å². The van der Waals surface area contributed by atoms with E-state index in [2.05, 4.69) is 19.6 Å². The maximum absolute atomic E-state index is 3.87. The Labute approximate surface area is 83.4 Å². The second-order valence-corrected chi connectivity index (χ2v) is 4.66. The highest BCUT2D eigenvalue weighted by Gasteiger charge is 2.12. The van der Waals surface area contributed by atoms with Crippen LogP contribution >= 0.6 is 0 Å². The third-order valence-corrected chi connectivity index (χ3v) is 3.33. The molecule has 0 saturated heterocycles. The van der Waals surface area contributed by atoms with Gasteiger partial charge in [-0.2, -0.15) is 0 Å². The Morgan fingerprint density at radius 1 is 1.15 bits per heavy atom. The van der Waals surface area contributed by atoms with Gasteiger partial charge >= 0.3 is 0 Å². The van der Waals surface area contributed by atoms with Crippen molar-refractivity contribution in [1.82, 2.24) is 0 Å². The van der Waals surface area contributed by atoms with E-state index in [1.165, 1.54) is 51.4 Å². The molecule has 0 nitrogen and oxygen atoms in total. The SMILES string of the molecule is C=CC(C)CC1CCCCCCC1. The molecule has 0 heteroatoms. The average molecular weight is 180 g/mol. The predicted octanol–water partition coefficient (Wildman–Crippen LogP) is 4.56. The molecular weight excluding hydrogens is 156 g/mol. The third-order valence-electron chi connectivity index (χ3n) is 3.33. The molecule has 0 spiro atoms. The summed E-state index contributed by atoms with van der Waals surface area (Å²) in [6, 6.07) is 0. The molecule has 0 aliphatic heterocycles. The molecule has 0 amide bonds. The molecule has 1 fully saturated rings. The fourth-order valence-corrected chi connectivity index (χ4v) is 2.40. The zero-order chi connectivity index (χ0) is 9.52. The molecule has 0 radical (unpaired) electrons. The van der Waals surface area contributed by atoms with Crippen molar-refractivity contribution in [2.75, 3.05) is 0 Å². The lowest BCUT2D eigenvalue weighted by molar-refractivity contribution is 0.334. The van der Waals surface area contributed by atoms with Crippen molar-refractivity contribution in [3.63, 3.8) is 0 Å². The molecule has 1 rings (SSSR count). The van der Waals surface area contributed by atoms with Gasteiger partial charge in [-0.05, 0) is 18.3 Å². The highest BCUT2D eigenvalue weighted by atomic mass is 14.2. The van der Waals surface area contributed by atoms with Crippen LogP contribution < -0.4 is 0 Å². The van der Waals surface area contributed by atoms with Crippen LogP contribution in [0.4, 0.5) is 0 Å². The Balaban J connectivity index is 2.24. The van der Waals surface area contributed by atoms with Crippen molar-refractivity contribution in [3.05, 3.63) is 12.7 Å². The molecule has 1 aliphatic rings. The second kappa shape index (κ2) is 6.23. The molecule has 0 aromatic rings.